The average Bonchev–Trinajstić information content (AvgIpc) is 2.52. The Kier molecular flexibility index (Phi) is 4.11. The Morgan fingerprint density at radius 2 is 2.31 bits per heavy atom. The van der Waals surface area contributed by atoms with Gasteiger partial charge < -0.3 is 9.84 Å². The smallest absolute Gasteiger partial charge is 0.213 e. The molecule has 1 heterocycles. The molecular formula is C7H15NO4S. The number of nitrogens with one attached hydrogen (secondary N) is 1. The summed E-state index contributed by atoms with van der Waals surface area (Å²) in [4.78, 5) is 0. The van der Waals surface area contributed by atoms with E-state index in [1.165, 1.54) is 0 Å². The van der Waals surface area contributed by atoms with Gasteiger partial charge in [0.25, 0.3) is 0 Å². The highest BCUT2D eigenvalue weighted by Gasteiger charge is 2.18. The molecule has 0 aromatic heterocycles. The van der Waals surface area contributed by atoms with Crippen LogP contribution in [0.5, 0.6) is 0 Å². The third kappa shape index (κ3) is 4.04. The minimum Gasteiger partial charge on any atom is -0.395 e. The molecule has 0 aliphatic carbocycles. The van der Waals surface area contributed by atoms with Gasteiger partial charge in [-0.05, 0) is 12.3 Å². The van der Waals surface area contributed by atoms with Gasteiger partial charge in [0.05, 0.1) is 19.0 Å². The summed E-state index contributed by atoms with van der Waals surface area (Å²) in [6, 6.07) is 0. The minimum absolute atomic E-state index is 0.222. The lowest BCUT2D eigenvalue weighted by molar-refractivity contribution is 0.186. The second-order valence-corrected chi connectivity index (χ2v) is 5.05. The Labute approximate surface area is 78.1 Å². The minimum atomic E-state index is -3.27. The van der Waals surface area contributed by atoms with E-state index in [1.807, 2.05) is 0 Å². The van der Waals surface area contributed by atoms with Crippen LogP contribution in [0.1, 0.15) is 6.42 Å². The van der Waals surface area contributed by atoms with E-state index < -0.39 is 10.0 Å². The molecule has 13 heavy (non-hydrogen) atoms. The van der Waals surface area contributed by atoms with Crippen LogP contribution in [0.2, 0.25) is 0 Å². The third-order valence-corrected chi connectivity index (χ3v) is 3.30. The summed E-state index contributed by atoms with van der Waals surface area (Å²) in [7, 11) is -3.27. The molecule has 1 fully saturated rings. The van der Waals surface area contributed by atoms with Gasteiger partial charge in [-0.2, -0.15) is 0 Å². The topological polar surface area (TPSA) is 75.6 Å². The van der Waals surface area contributed by atoms with Crippen molar-refractivity contribution in [3.05, 3.63) is 0 Å². The van der Waals surface area contributed by atoms with Gasteiger partial charge in [0, 0.05) is 13.2 Å². The molecule has 0 aromatic rings. The zero-order valence-electron chi connectivity index (χ0n) is 7.40. The molecule has 0 bridgehead atoms. The van der Waals surface area contributed by atoms with Gasteiger partial charge in [-0.1, -0.05) is 0 Å². The van der Waals surface area contributed by atoms with Crippen molar-refractivity contribution in [2.45, 2.75) is 6.42 Å². The van der Waals surface area contributed by atoms with Gasteiger partial charge >= 0.3 is 0 Å². The van der Waals surface area contributed by atoms with Crippen molar-refractivity contribution in [3.8, 4) is 0 Å². The molecule has 6 heteroatoms. The Bertz CT molecular complexity index is 233. The van der Waals surface area contributed by atoms with Gasteiger partial charge in [-0.3, -0.25) is 0 Å². The standard InChI is InChI=1S/C7H15NO4S/c9-2-4-13(10,11)8-5-7-1-3-12-6-7/h7-9H,1-6H2. The highest BCUT2D eigenvalue weighted by Crippen LogP contribution is 2.10. The van der Waals surface area contributed by atoms with Gasteiger partial charge in [-0.25, -0.2) is 13.1 Å². The molecule has 1 unspecified atom stereocenters. The summed E-state index contributed by atoms with van der Waals surface area (Å²) in [5.41, 5.74) is 0. The van der Waals surface area contributed by atoms with E-state index in [0.29, 0.717) is 19.8 Å². The predicted octanol–water partition coefficient (Wildman–Crippen LogP) is -1.07. The van der Waals surface area contributed by atoms with Crippen LogP contribution in [0.25, 0.3) is 0 Å². The molecule has 0 aromatic carbocycles. The van der Waals surface area contributed by atoms with Crippen LogP contribution < -0.4 is 4.72 Å². The largest absolute Gasteiger partial charge is 0.395 e. The molecule has 2 N–H and O–H groups in total. The lowest BCUT2D eigenvalue weighted by Crippen LogP contribution is -2.32. The lowest BCUT2D eigenvalue weighted by atomic mass is 10.1. The van der Waals surface area contributed by atoms with E-state index in [1.54, 1.807) is 0 Å². The van der Waals surface area contributed by atoms with Crippen molar-refractivity contribution in [3.63, 3.8) is 0 Å². The Morgan fingerprint density at radius 1 is 1.54 bits per heavy atom. The number of aliphatic hydroxyl groups is 1. The number of sulfonamides is 1. The Morgan fingerprint density at radius 3 is 2.85 bits per heavy atom. The van der Waals surface area contributed by atoms with Crippen molar-refractivity contribution < 1.29 is 18.3 Å². The van der Waals surface area contributed by atoms with E-state index in [2.05, 4.69) is 4.72 Å². The SMILES string of the molecule is O=S(=O)(CCO)NCC1CCOC1. The van der Waals surface area contributed by atoms with Gasteiger partial charge in [0.15, 0.2) is 0 Å². The first-order chi connectivity index (χ1) is 6.14. The first-order valence-electron chi connectivity index (χ1n) is 4.30. The second kappa shape index (κ2) is 4.90. The zero-order chi connectivity index (χ0) is 9.73. The molecular weight excluding hydrogens is 194 g/mol. The maximum atomic E-state index is 11.1. The van der Waals surface area contributed by atoms with Crippen LogP contribution in [0, 0.1) is 5.92 Å². The quantitative estimate of drug-likeness (QED) is 0.605. The summed E-state index contributed by atoms with van der Waals surface area (Å²) in [6.45, 7) is 1.42. The molecule has 0 amide bonds. The molecule has 78 valence electrons. The fourth-order valence-electron chi connectivity index (χ4n) is 1.18. The first kappa shape index (κ1) is 10.9. The van der Waals surface area contributed by atoms with Crippen molar-refractivity contribution in [2.24, 2.45) is 5.92 Å². The molecule has 0 radical (unpaired) electrons. The molecule has 1 aliphatic heterocycles. The average molecular weight is 209 g/mol. The van der Waals surface area contributed by atoms with E-state index in [0.717, 1.165) is 6.42 Å². The van der Waals surface area contributed by atoms with Crippen molar-refractivity contribution in [1.29, 1.82) is 0 Å². The van der Waals surface area contributed by atoms with E-state index in [4.69, 9.17) is 9.84 Å². The molecule has 1 aliphatic rings. The fraction of sp³-hybridized carbons (Fsp3) is 1.00. The Balaban J connectivity index is 2.24. The highest BCUT2D eigenvalue weighted by atomic mass is 32.2. The molecule has 1 atom stereocenters. The van der Waals surface area contributed by atoms with Gasteiger partial charge in [0.1, 0.15) is 0 Å². The Hall–Kier alpha value is -0.170. The van der Waals surface area contributed by atoms with Crippen LogP contribution in [-0.2, 0) is 14.8 Å². The van der Waals surface area contributed by atoms with Crippen LogP contribution in [0.15, 0.2) is 0 Å². The second-order valence-electron chi connectivity index (χ2n) is 3.12. The number of ether oxygens (including phenoxy) is 1. The number of hydrogen-bond acceptors (Lipinski definition) is 4. The van der Waals surface area contributed by atoms with Crippen molar-refractivity contribution >= 4 is 10.0 Å². The van der Waals surface area contributed by atoms with E-state index >= 15 is 0 Å². The normalized spacial score (nSPS) is 23.6. The maximum absolute atomic E-state index is 11.1. The monoisotopic (exact) mass is 209 g/mol. The van der Waals surface area contributed by atoms with Gasteiger partial charge in [-0.15, -0.1) is 0 Å². The van der Waals surface area contributed by atoms with E-state index in [-0.39, 0.29) is 18.3 Å². The molecule has 5 nitrogen and oxygen atoms in total. The number of hydrogen-bond donors (Lipinski definition) is 2. The van der Waals surface area contributed by atoms with Gasteiger partial charge in [0.2, 0.25) is 10.0 Å². The first-order valence-corrected chi connectivity index (χ1v) is 5.95. The maximum Gasteiger partial charge on any atom is 0.213 e. The molecule has 0 saturated carbocycles. The fourth-order valence-corrected chi connectivity index (χ4v) is 2.06. The zero-order valence-corrected chi connectivity index (χ0v) is 8.22. The predicted molar refractivity (Wildman–Crippen MR) is 47.8 cm³/mol. The third-order valence-electron chi connectivity index (χ3n) is 1.98. The lowest BCUT2D eigenvalue weighted by Gasteiger charge is -2.08. The van der Waals surface area contributed by atoms with Crippen LogP contribution >= 0.6 is 0 Å². The molecule has 1 rings (SSSR count). The summed E-state index contributed by atoms with van der Waals surface area (Å²) in [5.74, 6) is 0.0640. The summed E-state index contributed by atoms with van der Waals surface area (Å²) in [5, 5.41) is 8.45. The number of rotatable bonds is 5. The summed E-state index contributed by atoms with van der Waals surface area (Å²) in [6.07, 6.45) is 0.904. The summed E-state index contributed by atoms with van der Waals surface area (Å²) >= 11 is 0. The van der Waals surface area contributed by atoms with Crippen LogP contribution in [0.4, 0.5) is 0 Å². The van der Waals surface area contributed by atoms with E-state index in [9.17, 15) is 8.42 Å². The molecule has 0 spiro atoms. The van der Waals surface area contributed by atoms with Crippen molar-refractivity contribution in [2.75, 3.05) is 32.1 Å². The number of aliphatic hydroxyl groups excluding tert-OH is 1. The summed E-state index contributed by atoms with van der Waals surface area (Å²) < 4.78 is 29.7. The van der Waals surface area contributed by atoms with Crippen molar-refractivity contribution in [1.82, 2.24) is 4.72 Å². The molecule has 1 saturated heterocycles. The van der Waals surface area contributed by atoms with Crippen LogP contribution in [0.3, 0.4) is 0 Å². The van der Waals surface area contributed by atoms with Crippen LogP contribution in [-0.4, -0.2) is 45.6 Å². The highest BCUT2D eigenvalue weighted by molar-refractivity contribution is 7.89.